The Morgan fingerprint density at radius 1 is 1.47 bits per heavy atom. The van der Waals surface area contributed by atoms with Gasteiger partial charge >= 0.3 is 5.97 Å². The third kappa shape index (κ3) is 3.30. The van der Waals surface area contributed by atoms with Gasteiger partial charge in [-0.1, -0.05) is 13.8 Å². The lowest BCUT2D eigenvalue weighted by atomic mass is 10.1. The molecule has 0 bridgehead atoms. The quantitative estimate of drug-likeness (QED) is 0.728. The number of esters is 1. The predicted molar refractivity (Wildman–Crippen MR) is 61.4 cm³/mol. The monoisotopic (exact) mass is 227 g/mol. The van der Waals surface area contributed by atoms with Gasteiger partial charge in [-0.15, -0.1) is 11.3 Å². The van der Waals surface area contributed by atoms with Gasteiger partial charge in [0.1, 0.15) is 10.5 Å². The topological polar surface area (TPSA) is 39.2 Å². The summed E-state index contributed by atoms with van der Waals surface area (Å²) in [5.41, 5.74) is 2.07. The maximum atomic E-state index is 11.8. The minimum atomic E-state index is -0.449. The smallest absolute Gasteiger partial charge is 0.350 e. The van der Waals surface area contributed by atoms with Crippen LogP contribution in [0.4, 0.5) is 0 Å². The summed E-state index contributed by atoms with van der Waals surface area (Å²) in [6.07, 6.45) is 0. The molecule has 0 fully saturated rings. The SMILES string of the molecule is CC(C)c1ncsc1C(=O)OC(C)(C)C. The molecule has 0 saturated carbocycles. The molecular formula is C11H17NO2S. The largest absolute Gasteiger partial charge is 0.456 e. The summed E-state index contributed by atoms with van der Waals surface area (Å²) in [5.74, 6) is -0.0209. The van der Waals surface area contributed by atoms with Gasteiger partial charge in [0, 0.05) is 0 Å². The maximum Gasteiger partial charge on any atom is 0.350 e. The number of aromatic nitrogens is 1. The second-order valence-corrected chi connectivity index (χ2v) is 5.58. The van der Waals surface area contributed by atoms with Crippen molar-refractivity contribution in [3.63, 3.8) is 0 Å². The molecule has 84 valence electrons. The average molecular weight is 227 g/mol. The van der Waals surface area contributed by atoms with Gasteiger partial charge in [0.05, 0.1) is 11.2 Å². The summed E-state index contributed by atoms with van der Waals surface area (Å²) in [4.78, 5) is 16.6. The minimum Gasteiger partial charge on any atom is -0.456 e. The predicted octanol–water partition coefficient (Wildman–Crippen LogP) is 3.22. The van der Waals surface area contributed by atoms with Gasteiger partial charge in [-0.25, -0.2) is 9.78 Å². The van der Waals surface area contributed by atoms with Crippen molar-refractivity contribution >= 4 is 17.3 Å². The van der Waals surface area contributed by atoms with Gasteiger partial charge in [-0.3, -0.25) is 0 Å². The fraction of sp³-hybridized carbons (Fsp3) is 0.636. The van der Waals surface area contributed by atoms with E-state index in [1.54, 1.807) is 5.51 Å². The standard InChI is InChI=1S/C11H17NO2S/c1-7(2)8-9(15-6-12-8)10(13)14-11(3,4)5/h6-7H,1-5H3. The van der Waals surface area contributed by atoms with Crippen molar-refractivity contribution in [3.8, 4) is 0 Å². The van der Waals surface area contributed by atoms with Gasteiger partial charge in [0.15, 0.2) is 0 Å². The highest BCUT2D eigenvalue weighted by Gasteiger charge is 2.23. The Morgan fingerprint density at radius 2 is 2.07 bits per heavy atom. The van der Waals surface area contributed by atoms with Crippen LogP contribution in [0.3, 0.4) is 0 Å². The highest BCUT2D eigenvalue weighted by atomic mass is 32.1. The molecule has 1 heterocycles. The van der Waals surface area contributed by atoms with Crippen LogP contribution in [-0.2, 0) is 4.74 Å². The Balaban J connectivity index is 2.87. The van der Waals surface area contributed by atoms with Crippen LogP contribution in [0.5, 0.6) is 0 Å². The third-order valence-corrected chi connectivity index (χ3v) is 2.55. The second kappa shape index (κ2) is 4.31. The molecule has 0 amide bonds. The van der Waals surface area contributed by atoms with Crippen molar-refractivity contribution in [2.24, 2.45) is 0 Å². The number of thiazole rings is 1. The molecule has 1 aromatic heterocycles. The maximum absolute atomic E-state index is 11.8. The molecule has 1 rings (SSSR count). The first-order chi connectivity index (χ1) is 6.81. The molecule has 0 spiro atoms. The molecule has 0 atom stereocenters. The molecule has 0 unspecified atom stereocenters. The highest BCUT2D eigenvalue weighted by molar-refractivity contribution is 7.11. The first-order valence-electron chi connectivity index (χ1n) is 4.98. The molecule has 4 heteroatoms. The van der Waals surface area contributed by atoms with Gasteiger partial charge in [0.2, 0.25) is 0 Å². The van der Waals surface area contributed by atoms with Crippen LogP contribution < -0.4 is 0 Å². The number of hydrogen-bond donors (Lipinski definition) is 0. The second-order valence-electron chi connectivity index (χ2n) is 4.72. The normalized spacial score (nSPS) is 11.9. The fourth-order valence-corrected chi connectivity index (χ4v) is 1.96. The molecule has 0 N–H and O–H groups in total. The summed E-state index contributed by atoms with van der Waals surface area (Å²) in [5, 5.41) is 0. The number of ether oxygens (including phenoxy) is 1. The van der Waals surface area contributed by atoms with E-state index in [4.69, 9.17) is 4.74 Å². The van der Waals surface area contributed by atoms with E-state index in [1.165, 1.54) is 11.3 Å². The Hall–Kier alpha value is -0.900. The van der Waals surface area contributed by atoms with Crippen LogP contribution in [0.2, 0.25) is 0 Å². The first-order valence-corrected chi connectivity index (χ1v) is 5.86. The zero-order valence-corrected chi connectivity index (χ0v) is 10.6. The van der Waals surface area contributed by atoms with Crippen molar-refractivity contribution < 1.29 is 9.53 Å². The zero-order valence-electron chi connectivity index (χ0n) is 9.83. The lowest BCUT2D eigenvalue weighted by Crippen LogP contribution is -2.24. The zero-order chi connectivity index (χ0) is 11.6. The molecule has 15 heavy (non-hydrogen) atoms. The number of carbonyl (C=O) groups excluding carboxylic acids is 1. The van der Waals surface area contributed by atoms with Gasteiger partial charge in [-0.2, -0.15) is 0 Å². The average Bonchev–Trinajstić information content (AvgIpc) is 2.47. The molecule has 0 aliphatic carbocycles. The summed E-state index contributed by atoms with van der Waals surface area (Å²) in [7, 11) is 0. The van der Waals surface area contributed by atoms with Crippen LogP contribution in [0.15, 0.2) is 5.51 Å². The van der Waals surface area contributed by atoms with Crippen LogP contribution in [0.1, 0.15) is 55.9 Å². The molecule has 0 saturated heterocycles. The van der Waals surface area contributed by atoms with Crippen molar-refractivity contribution in [2.45, 2.75) is 46.1 Å². The van der Waals surface area contributed by atoms with E-state index < -0.39 is 5.60 Å². The van der Waals surface area contributed by atoms with E-state index in [1.807, 2.05) is 34.6 Å². The van der Waals surface area contributed by atoms with Gasteiger partial charge in [0.25, 0.3) is 0 Å². The van der Waals surface area contributed by atoms with E-state index in [0.717, 1.165) is 5.69 Å². The summed E-state index contributed by atoms with van der Waals surface area (Å²) in [6, 6.07) is 0. The Bertz CT molecular complexity index is 350. The van der Waals surface area contributed by atoms with Crippen LogP contribution in [-0.4, -0.2) is 16.6 Å². The lowest BCUT2D eigenvalue weighted by Gasteiger charge is -2.19. The van der Waals surface area contributed by atoms with E-state index in [2.05, 4.69) is 4.98 Å². The van der Waals surface area contributed by atoms with Crippen molar-refractivity contribution in [1.82, 2.24) is 4.98 Å². The van der Waals surface area contributed by atoms with E-state index in [9.17, 15) is 4.79 Å². The molecule has 0 aromatic carbocycles. The van der Waals surface area contributed by atoms with Crippen molar-refractivity contribution in [2.75, 3.05) is 0 Å². The highest BCUT2D eigenvalue weighted by Crippen LogP contribution is 2.24. The van der Waals surface area contributed by atoms with Crippen LogP contribution in [0.25, 0.3) is 0 Å². The van der Waals surface area contributed by atoms with E-state index in [-0.39, 0.29) is 11.9 Å². The molecular weight excluding hydrogens is 210 g/mol. The summed E-state index contributed by atoms with van der Waals surface area (Å²) >= 11 is 1.34. The Labute approximate surface area is 94.5 Å². The fourth-order valence-electron chi connectivity index (χ4n) is 1.14. The molecule has 1 aromatic rings. The molecule has 3 nitrogen and oxygen atoms in total. The summed E-state index contributed by atoms with van der Waals surface area (Å²) < 4.78 is 5.30. The minimum absolute atomic E-state index is 0.249. The molecule has 0 radical (unpaired) electrons. The first kappa shape index (κ1) is 12.2. The lowest BCUT2D eigenvalue weighted by molar-refractivity contribution is 0.00734. The number of hydrogen-bond acceptors (Lipinski definition) is 4. The number of carbonyl (C=O) groups is 1. The Morgan fingerprint density at radius 3 is 2.53 bits per heavy atom. The van der Waals surface area contributed by atoms with Gasteiger partial charge in [-0.05, 0) is 26.7 Å². The van der Waals surface area contributed by atoms with Crippen molar-refractivity contribution in [1.29, 1.82) is 0 Å². The molecule has 0 aliphatic heterocycles. The van der Waals surface area contributed by atoms with Crippen LogP contribution >= 0.6 is 11.3 Å². The number of rotatable bonds is 2. The van der Waals surface area contributed by atoms with Gasteiger partial charge < -0.3 is 4.74 Å². The number of nitrogens with zero attached hydrogens (tertiary/aromatic N) is 1. The van der Waals surface area contributed by atoms with E-state index in [0.29, 0.717) is 4.88 Å². The summed E-state index contributed by atoms with van der Waals surface area (Å²) in [6.45, 7) is 9.62. The van der Waals surface area contributed by atoms with Crippen LogP contribution in [0, 0.1) is 0 Å². The Kier molecular flexibility index (Phi) is 3.50. The van der Waals surface area contributed by atoms with Crippen molar-refractivity contribution in [3.05, 3.63) is 16.1 Å². The van der Waals surface area contributed by atoms with E-state index >= 15 is 0 Å². The third-order valence-electron chi connectivity index (χ3n) is 1.73. The molecule has 0 aliphatic rings.